The molecule has 0 aromatic rings. The lowest BCUT2D eigenvalue weighted by atomic mass is 10.4. The Kier molecular flexibility index (Phi) is 10.2. The Morgan fingerprint density at radius 3 is 2.19 bits per heavy atom. The van der Waals surface area contributed by atoms with Crippen molar-refractivity contribution in [1.29, 1.82) is 0 Å². The summed E-state index contributed by atoms with van der Waals surface area (Å²) in [5.74, 6) is 0.911. The molecule has 0 amide bonds. The summed E-state index contributed by atoms with van der Waals surface area (Å²) in [5.41, 5.74) is 0. The molecular weight excluding hydrogens is 200 g/mol. The summed E-state index contributed by atoms with van der Waals surface area (Å²) >= 11 is 0. The molecule has 0 aromatic carbocycles. The molecule has 16 heavy (non-hydrogen) atoms. The Morgan fingerprint density at radius 2 is 1.69 bits per heavy atom. The molecule has 2 N–H and O–H groups in total. The molecule has 0 aliphatic carbocycles. The molecule has 0 fully saturated rings. The predicted octanol–water partition coefficient (Wildman–Crippen LogP) is 1.29. The van der Waals surface area contributed by atoms with E-state index in [2.05, 4.69) is 41.3 Å². The fraction of sp³-hybridized carbons (Fsp3) is 0.917. The van der Waals surface area contributed by atoms with E-state index in [9.17, 15) is 0 Å². The Bertz CT molecular complexity index is 180. The first-order valence-electron chi connectivity index (χ1n) is 6.45. The first kappa shape index (κ1) is 15.2. The maximum Gasteiger partial charge on any atom is 0.191 e. The van der Waals surface area contributed by atoms with Gasteiger partial charge in [0.2, 0.25) is 0 Å². The summed E-state index contributed by atoms with van der Waals surface area (Å²) in [6, 6.07) is 0. The first-order valence-corrected chi connectivity index (χ1v) is 6.45. The summed E-state index contributed by atoms with van der Waals surface area (Å²) in [6.07, 6.45) is 2.34. The van der Waals surface area contributed by atoms with Crippen molar-refractivity contribution < 1.29 is 0 Å². The van der Waals surface area contributed by atoms with E-state index in [0.717, 1.165) is 38.6 Å². The summed E-state index contributed by atoms with van der Waals surface area (Å²) in [7, 11) is 1.81. The Labute approximate surface area is 101 Å². The van der Waals surface area contributed by atoms with Crippen molar-refractivity contribution in [3.05, 3.63) is 0 Å². The zero-order valence-electron chi connectivity index (χ0n) is 11.3. The average molecular weight is 228 g/mol. The van der Waals surface area contributed by atoms with Crippen molar-refractivity contribution >= 4 is 5.96 Å². The molecule has 4 heteroatoms. The van der Waals surface area contributed by atoms with Crippen LogP contribution in [0.25, 0.3) is 0 Å². The fourth-order valence-electron chi connectivity index (χ4n) is 1.54. The molecule has 0 unspecified atom stereocenters. The van der Waals surface area contributed by atoms with Gasteiger partial charge in [0, 0.05) is 26.7 Å². The van der Waals surface area contributed by atoms with E-state index in [4.69, 9.17) is 0 Å². The van der Waals surface area contributed by atoms with E-state index < -0.39 is 0 Å². The van der Waals surface area contributed by atoms with Gasteiger partial charge in [-0.1, -0.05) is 20.8 Å². The molecule has 4 nitrogen and oxygen atoms in total. The van der Waals surface area contributed by atoms with Crippen LogP contribution in [0.3, 0.4) is 0 Å². The highest BCUT2D eigenvalue weighted by molar-refractivity contribution is 5.79. The fourth-order valence-corrected chi connectivity index (χ4v) is 1.54. The third kappa shape index (κ3) is 7.51. The summed E-state index contributed by atoms with van der Waals surface area (Å²) < 4.78 is 0. The van der Waals surface area contributed by atoms with Crippen LogP contribution < -0.4 is 10.6 Å². The smallest absolute Gasteiger partial charge is 0.191 e. The number of nitrogens with zero attached hydrogens (tertiary/aromatic N) is 2. The average Bonchev–Trinajstić information content (AvgIpc) is 2.32. The number of hydrogen-bond acceptors (Lipinski definition) is 2. The van der Waals surface area contributed by atoms with Gasteiger partial charge < -0.3 is 15.5 Å². The molecule has 0 spiro atoms. The van der Waals surface area contributed by atoms with E-state index in [1.165, 1.54) is 13.0 Å². The van der Waals surface area contributed by atoms with Crippen molar-refractivity contribution in [3.8, 4) is 0 Å². The van der Waals surface area contributed by atoms with E-state index in [0.29, 0.717) is 0 Å². The minimum atomic E-state index is 0.911. The Hall–Kier alpha value is -0.770. The maximum atomic E-state index is 4.17. The predicted molar refractivity (Wildman–Crippen MR) is 72.1 cm³/mol. The molecule has 0 saturated heterocycles. The lowest BCUT2D eigenvalue weighted by molar-refractivity contribution is 0.293. The number of nitrogens with one attached hydrogen (secondary N) is 2. The van der Waals surface area contributed by atoms with E-state index >= 15 is 0 Å². The van der Waals surface area contributed by atoms with Gasteiger partial charge in [-0.15, -0.1) is 0 Å². The van der Waals surface area contributed by atoms with Gasteiger partial charge in [0.1, 0.15) is 0 Å². The van der Waals surface area contributed by atoms with Gasteiger partial charge in [-0.3, -0.25) is 4.99 Å². The van der Waals surface area contributed by atoms with Gasteiger partial charge in [0.05, 0.1) is 0 Å². The SMILES string of the molecule is CCCNC(=NC)NCCN(CC)CCC. The van der Waals surface area contributed by atoms with Crippen LogP contribution in [-0.2, 0) is 0 Å². The second-order valence-corrected chi connectivity index (χ2v) is 3.86. The summed E-state index contributed by atoms with van der Waals surface area (Å²) in [6.45, 7) is 11.9. The zero-order valence-corrected chi connectivity index (χ0v) is 11.3. The summed E-state index contributed by atoms with van der Waals surface area (Å²) in [4.78, 5) is 6.61. The van der Waals surface area contributed by atoms with Gasteiger partial charge in [0.15, 0.2) is 5.96 Å². The van der Waals surface area contributed by atoms with Crippen LogP contribution in [0, 0.1) is 0 Å². The molecule has 0 heterocycles. The summed E-state index contributed by atoms with van der Waals surface area (Å²) in [5, 5.41) is 6.59. The van der Waals surface area contributed by atoms with Crippen molar-refractivity contribution in [1.82, 2.24) is 15.5 Å². The zero-order chi connectivity index (χ0) is 12.2. The topological polar surface area (TPSA) is 39.7 Å². The highest BCUT2D eigenvalue weighted by atomic mass is 15.2. The lowest BCUT2D eigenvalue weighted by Gasteiger charge is -2.20. The van der Waals surface area contributed by atoms with Crippen LogP contribution in [0.4, 0.5) is 0 Å². The van der Waals surface area contributed by atoms with Crippen LogP contribution in [0.1, 0.15) is 33.6 Å². The molecule has 0 atom stereocenters. The van der Waals surface area contributed by atoms with Crippen LogP contribution in [0.2, 0.25) is 0 Å². The Balaban J connectivity index is 3.68. The lowest BCUT2D eigenvalue weighted by Crippen LogP contribution is -2.41. The van der Waals surface area contributed by atoms with Crippen molar-refractivity contribution in [3.63, 3.8) is 0 Å². The highest BCUT2D eigenvalue weighted by Crippen LogP contribution is 1.88. The standard InChI is InChI=1S/C12H28N4/c1-5-8-14-12(13-4)15-9-11-16(7-3)10-6-2/h5-11H2,1-4H3,(H2,13,14,15). The second-order valence-electron chi connectivity index (χ2n) is 3.86. The number of likely N-dealkylation sites (N-methyl/N-ethyl adjacent to an activating group) is 1. The minimum absolute atomic E-state index is 0.911. The molecule has 0 radical (unpaired) electrons. The van der Waals surface area contributed by atoms with E-state index in [-0.39, 0.29) is 0 Å². The molecule has 0 bridgehead atoms. The molecule has 96 valence electrons. The third-order valence-corrected chi connectivity index (χ3v) is 2.47. The Morgan fingerprint density at radius 1 is 1.00 bits per heavy atom. The molecule has 0 aliphatic heterocycles. The monoisotopic (exact) mass is 228 g/mol. The van der Waals surface area contributed by atoms with Crippen molar-refractivity contribution in [2.45, 2.75) is 33.6 Å². The molecule has 0 aromatic heterocycles. The van der Waals surface area contributed by atoms with Crippen molar-refractivity contribution in [2.75, 3.05) is 39.8 Å². The number of aliphatic imine (C=N–C) groups is 1. The van der Waals surface area contributed by atoms with E-state index in [1.54, 1.807) is 0 Å². The number of guanidine groups is 1. The van der Waals surface area contributed by atoms with Gasteiger partial charge in [-0.25, -0.2) is 0 Å². The minimum Gasteiger partial charge on any atom is -0.356 e. The molecule has 0 saturated carbocycles. The molecule has 0 aliphatic rings. The largest absolute Gasteiger partial charge is 0.356 e. The van der Waals surface area contributed by atoms with Crippen molar-refractivity contribution in [2.24, 2.45) is 4.99 Å². The highest BCUT2D eigenvalue weighted by Gasteiger charge is 2.01. The normalized spacial score (nSPS) is 11.9. The first-order chi connectivity index (χ1) is 7.78. The number of hydrogen-bond donors (Lipinski definition) is 2. The second kappa shape index (κ2) is 10.7. The molecular formula is C12H28N4. The van der Waals surface area contributed by atoms with Crippen LogP contribution in [0.5, 0.6) is 0 Å². The van der Waals surface area contributed by atoms with Gasteiger partial charge >= 0.3 is 0 Å². The third-order valence-electron chi connectivity index (χ3n) is 2.47. The van der Waals surface area contributed by atoms with Crippen LogP contribution >= 0.6 is 0 Å². The van der Waals surface area contributed by atoms with Gasteiger partial charge in [0.25, 0.3) is 0 Å². The van der Waals surface area contributed by atoms with Gasteiger partial charge in [-0.2, -0.15) is 0 Å². The maximum absolute atomic E-state index is 4.17. The quantitative estimate of drug-likeness (QED) is 0.486. The van der Waals surface area contributed by atoms with Crippen LogP contribution in [0.15, 0.2) is 4.99 Å². The van der Waals surface area contributed by atoms with Crippen LogP contribution in [-0.4, -0.2) is 50.6 Å². The van der Waals surface area contributed by atoms with E-state index in [1.807, 2.05) is 7.05 Å². The number of rotatable bonds is 8. The molecule has 0 rings (SSSR count). The van der Waals surface area contributed by atoms with Gasteiger partial charge in [-0.05, 0) is 25.9 Å².